The predicted molar refractivity (Wildman–Crippen MR) is 161 cm³/mol. The fourth-order valence-corrected chi connectivity index (χ4v) is 5.46. The van der Waals surface area contributed by atoms with Gasteiger partial charge < -0.3 is 9.88 Å². The zero-order chi connectivity index (χ0) is 27.0. The van der Waals surface area contributed by atoms with Crippen molar-refractivity contribution in [3.63, 3.8) is 0 Å². The molecule has 0 aliphatic heterocycles. The Bertz CT molecular complexity index is 1090. The number of para-hydroxylation sites is 2. The van der Waals surface area contributed by atoms with Crippen molar-refractivity contribution in [1.29, 1.82) is 0 Å². The molecular formula is C34H51N3O. The second kappa shape index (κ2) is 17.1. The molecule has 208 valence electrons. The molecule has 3 aromatic rings. The van der Waals surface area contributed by atoms with E-state index in [1.54, 1.807) is 0 Å². The Hall–Kier alpha value is -2.62. The third kappa shape index (κ3) is 9.93. The lowest BCUT2D eigenvalue weighted by Crippen LogP contribution is -2.30. The molecule has 4 nitrogen and oxygen atoms in total. The minimum atomic E-state index is -0.134. The molecule has 1 N–H and O–H groups in total. The van der Waals surface area contributed by atoms with Crippen molar-refractivity contribution in [2.45, 2.75) is 130 Å². The van der Waals surface area contributed by atoms with Gasteiger partial charge in [0.25, 0.3) is 0 Å². The van der Waals surface area contributed by atoms with E-state index in [2.05, 4.69) is 54.9 Å². The van der Waals surface area contributed by atoms with E-state index in [4.69, 9.17) is 4.98 Å². The Morgan fingerprint density at radius 1 is 0.789 bits per heavy atom. The third-order valence-electron chi connectivity index (χ3n) is 7.80. The van der Waals surface area contributed by atoms with Gasteiger partial charge >= 0.3 is 0 Å². The Balaban J connectivity index is 1.40. The molecule has 1 aromatic heterocycles. The molecule has 0 aliphatic rings. The van der Waals surface area contributed by atoms with Crippen molar-refractivity contribution in [2.75, 3.05) is 0 Å². The van der Waals surface area contributed by atoms with Gasteiger partial charge in [0.15, 0.2) is 0 Å². The van der Waals surface area contributed by atoms with Crippen LogP contribution in [0.2, 0.25) is 0 Å². The number of rotatable bonds is 19. The highest BCUT2D eigenvalue weighted by molar-refractivity contribution is 5.80. The maximum absolute atomic E-state index is 12.8. The molecule has 1 heterocycles. The van der Waals surface area contributed by atoms with Gasteiger partial charge in [0.05, 0.1) is 23.5 Å². The standard InChI is InChI=1S/C34H51N3O/c1-4-5-6-7-8-9-10-11-12-13-14-15-16-21-26-37-32-25-20-19-24-31(32)36-34(37)29(3)35-33(38)27-30-23-18-17-22-28(30)2/h17-20,22-25,29H,4-16,21,26-27H2,1-3H3,(H,35,38). The van der Waals surface area contributed by atoms with E-state index in [1.807, 2.05) is 24.3 Å². The van der Waals surface area contributed by atoms with Crippen LogP contribution in [0.1, 0.15) is 127 Å². The van der Waals surface area contributed by atoms with Gasteiger partial charge in [0.2, 0.25) is 5.91 Å². The fourth-order valence-electron chi connectivity index (χ4n) is 5.46. The number of fused-ring (bicyclic) bond motifs is 1. The van der Waals surface area contributed by atoms with Crippen molar-refractivity contribution in [2.24, 2.45) is 0 Å². The summed E-state index contributed by atoms with van der Waals surface area (Å²) in [5.41, 5.74) is 4.40. The van der Waals surface area contributed by atoms with Crippen LogP contribution in [0.3, 0.4) is 0 Å². The van der Waals surface area contributed by atoms with Crippen LogP contribution in [-0.4, -0.2) is 15.5 Å². The number of hydrogen-bond acceptors (Lipinski definition) is 2. The second-order valence-corrected chi connectivity index (χ2v) is 11.1. The van der Waals surface area contributed by atoms with Crippen LogP contribution in [0, 0.1) is 6.92 Å². The number of unbranched alkanes of at least 4 members (excludes halogenated alkanes) is 13. The first-order chi connectivity index (χ1) is 18.6. The SMILES string of the molecule is CCCCCCCCCCCCCCCCn1c(C(C)NC(=O)Cc2ccccc2C)nc2ccccc21. The molecule has 2 aromatic carbocycles. The number of nitrogens with one attached hydrogen (secondary N) is 1. The predicted octanol–water partition coefficient (Wildman–Crippen LogP) is 9.25. The monoisotopic (exact) mass is 517 g/mol. The molecule has 38 heavy (non-hydrogen) atoms. The average molecular weight is 518 g/mol. The quantitative estimate of drug-likeness (QED) is 0.161. The van der Waals surface area contributed by atoms with Gasteiger partial charge in [-0.1, -0.05) is 127 Å². The van der Waals surface area contributed by atoms with Gasteiger partial charge in [-0.15, -0.1) is 0 Å². The summed E-state index contributed by atoms with van der Waals surface area (Å²) >= 11 is 0. The summed E-state index contributed by atoms with van der Waals surface area (Å²) < 4.78 is 2.33. The van der Waals surface area contributed by atoms with Crippen molar-refractivity contribution in [3.05, 3.63) is 65.5 Å². The molecule has 1 amide bonds. The Morgan fingerprint density at radius 3 is 1.97 bits per heavy atom. The zero-order valence-corrected chi connectivity index (χ0v) is 24.3. The largest absolute Gasteiger partial charge is 0.346 e. The summed E-state index contributed by atoms with van der Waals surface area (Å²) in [6.07, 6.45) is 19.5. The van der Waals surface area contributed by atoms with E-state index in [0.29, 0.717) is 6.42 Å². The van der Waals surface area contributed by atoms with E-state index in [-0.39, 0.29) is 11.9 Å². The molecule has 0 saturated heterocycles. The van der Waals surface area contributed by atoms with Gasteiger partial charge in [-0.2, -0.15) is 0 Å². The van der Waals surface area contributed by atoms with Crippen LogP contribution in [0.25, 0.3) is 11.0 Å². The van der Waals surface area contributed by atoms with Crippen molar-refractivity contribution in [3.8, 4) is 0 Å². The lowest BCUT2D eigenvalue weighted by atomic mass is 10.0. The lowest BCUT2D eigenvalue weighted by molar-refractivity contribution is -0.121. The molecule has 0 radical (unpaired) electrons. The van der Waals surface area contributed by atoms with Crippen LogP contribution in [-0.2, 0) is 17.8 Å². The van der Waals surface area contributed by atoms with Crippen LogP contribution in [0.15, 0.2) is 48.5 Å². The van der Waals surface area contributed by atoms with Crippen molar-refractivity contribution in [1.82, 2.24) is 14.9 Å². The summed E-state index contributed by atoms with van der Waals surface area (Å²) in [7, 11) is 0. The van der Waals surface area contributed by atoms with E-state index < -0.39 is 0 Å². The molecular weight excluding hydrogens is 466 g/mol. The van der Waals surface area contributed by atoms with E-state index in [9.17, 15) is 4.79 Å². The number of amides is 1. The van der Waals surface area contributed by atoms with Gasteiger partial charge in [0.1, 0.15) is 5.82 Å². The van der Waals surface area contributed by atoms with E-state index in [0.717, 1.165) is 41.0 Å². The van der Waals surface area contributed by atoms with Crippen molar-refractivity contribution < 1.29 is 4.79 Å². The average Bonchev–Trinajstić information content (AvgIpc) is 3.29. The van der Waals surface area contributed by atoms with Gasteiger partial charge in [-0.05, 0) is 43.5 Å². The summed E-state index contributed by atoms with van der Waals surface area (Å²) in [6, 6.07) is 16.3. The highest BCUT2D eigenvalue weighted by Gasteiger charge is 2.18. The van der Waals surface area contributed by atoms with E-state index in [1.165, 1.54) is 83.5 Å². The molecule has 0 fully saturated rings. The first kappa shape index (κ1) is 29.9. The third-order valence-corrected chi connectivity index (χ3v) is 7.80. The smallest absolute Gasteiger partial charge is 0.225 e. The first-order valence-corrected chi connectivity index (χ1v) is 15.4. The zero-order valence-electron chi connectivity index (χ0n) is 24.3. The molecule has 0 spiro atoms. The van der Waals surface area contributed by atoms with Crippen LogP contribution < -0.4 is 5.32 Å². The Labute approximate surface area is 231 Å². The fraction of sp³-hybridized carbons (Fsp3) is 0.588. The highest BCUT2D eigenvalue weighted by atomic mass is 16.1. The number of carbonyl (C=O) groups excluding carboxylic acids is 1. The number of hydrogen-bond donors (Lipinski definition) is 1. The van der Waals surface area contributed by atoms with Crippen molar-refractivity contribution >= 4 is 16.9 Å². The van der Waals surface area contributed by atoms with Gasteiger partial charge in [0, 0.05) is 6.54 Å². The van der Waals surface area contributed by atoms with Crippen LogP contribution in [0.5, 0.6) is 0 Å². The summed E-state index contributed by atoms with van der Waals surface area (Å²) in [6.45, 7) is 7.35. The molecule has 1 atom stereocenters. The van der Waals surface area contributed by atoms with Crippen LogP contribution >= 0.6 is 0 Å². The highest BCUT2D eigenvalue weighted by Crippen LogP contribution is 2.22. The maximum atomic E-state index is 12.8. The number of aromatic nitrogens is 2. The number of imidazole rings is 1. The Kier molecular flexibility index (Phi) is 13.4. The molecule has 0 bridgehead atoms. The minimum Gasteiger partial charge on any atom is -0.346 e. The molecule has 4 heteroatoms. The summed E-state index contributed by atoms with van der Waals surface area (Å²) in [5.74, 6) is 1.00. The lowest BCUT2D eigenvalue weighted by Gasteiger charge is -2.17. The number of benzene rings is 2. The maximum Gasteiger partial charge on any atom is 0.225 e. The molecule has 0 aliphatic carbocycles. The van der Waals surface area contributed by atoms with Gasteiger partial charge in [-0.3, -0.25) is 4.79 Å². The molecule has 3 rings (SSSR count). The van der Waals surface area contributed by atoms with E-state index >= 15 is 0 Å². The summed E-state index contributed by atoms with van der Waals surface area (Å²) in [4.78, 5) is 17.7. The molecule has 0 saturated carbocycles. The topological polar surface area (TPSA) is 46.9 Å². The van der Waals surface area contributed by atoms with Gasteiger partial charge in [-0.25, -0.2) is 4.98 Å². The number of carbonyl (C=O) groups is 1. The molecule has 1 unspecified atom stereocenters. The number of aryl methyl sites for hydroxylation is 2. The second-order valence-electron chi connectivity index (χ2n) is 11.1. The number of nitrogens with zero attached hydrogens (tertiary/aromatic N) is 2. The normalized spacial score (nSPS) is 12.2. The first-order valence-electron chi connectivity index (χ1n) is 15.4. The Morgan fingerprint density at radius 2 is 1.34 bits per heavy atom. The minimum absolute atomic E-state index is 0.0434. The van der Waals surface area contributed by atoms with Crippen LogP contribution in [0.4, 0.5) is 0 Å². The summed E-state index contributed by atoms with van der Waals surface area (Å²) in [5, 5.41) is 3.20.